The smallest absolute Gasteiger partial charge is 0.258 e. The van der Waals surface area contributed by atoms with E-state index in [1.54, 1.807) is 28.9 Å². The SMILES string of the molecule is CCOc1cc(C(=O)Nc2nc3n(n2)[C@@H](c2ccc(Cl)cc2)CC(=O)N3)cc(OCC)c1OCC. The van der Waals surface area contributed by atoms with Gasteiger partial charge in [-0.2, -0.15) is 4.98 Å². The van der Waals surface area contributed by atoms with Crippen molar-refractivity contribution in [2.45, 2.75) is 33.2 Å². The van der Waals surface area contributed by atoms with Crippen LogP contribution in [0.3, 0.4) is 0 Å². The lowest BCUT2D eigenvalue weighted by molar-refractivity contribution is -0.117. The molecule has 35 heavy (non-hydrogen) atoms. The topological polar surface area (TPSA) is 117 Å². The maximum atomic E-state index is 13.1. The summed E-state index contributed by atoms with van der Waals surface area (Å²) in [7, 11) is 0. The van der Waals surface area contributed by atoms with Gasteiger partial charge in [0.1, 0.15) is 0 Å². The summed E-state index contributed by atoms with van der Waals surface area (Å²) >= 11 is 6.00. The van der Waals surface area contributed by atoms with Crippen LogP contribution in [-0.4, -0.2) is 46.4 Å². The molecule has 184 valence electrons. The van der Waals surface area contributed by atoms with Crippen LogP contribution in [0.5, 0.6) is 17.2 Å². The van der Waals surface area contributed by atoms with E-state index >= 15 is 0 Å². The van der Waals surface area contributed by atoms with Crippen LogP contribution in [0, 0.1) is 0 Å². The third kappa shape index (κ3) is 5.32. The fourth-order valence-corrected chi connectivity index (χ4v) is 3.88. The number of carbonyl (C=O) groups excluding carboxylic acids is 2. The van der Waals surface area contributed by atoms with E-state index in [1.165, 1.54) is 0 Å². The quantitative estimate of drug-likeness (QED) is 0.450. The van der Waals surface area contributed by atoms with Gasteiger partial charge in [0.05, 0.1) is 32.3 Å². The Labute approximate surface area is 207 Å². The number of benzene rings is 2. The van der Waals surface area contributed by atoms with Crippen LogP contribution in [0.25, 0.3) is 0 Å². The summed E-state index contributed by atoms with van der Waals surface area (Å²) in [6.45, 7) is 6.72. The summed E-state index contributed by atoms with van der Waals surface area (Å²) < 4.78 is 18.7. The molecule has 0 saturated heterocycles. The lowest BCUT2D eigenvalue weighted by Gasteiger charge is -2.23. The summed E-state index contributed by atoms with van der Waals surface area (Å²) in [5, 5.41) is 10.4. The number of amides is 2. The van der Waals surface area contributed by atoms with Gasteiger partial charge in [-0.15, -0.1) is 5.10 Å². The molecule has 1 atom stereocenters. The minimum Gasteiger partial charge on any atom is -0.490 e. The molecule has 1 aliphatic rings. The predicted octanol–water partition coefficient (Wildman–Crippen LogP) is 4.31. The van der Waals surface area contributed by atoms with Crippen LogP contribution in [0.2, 0.25) is 5.02 Å². The Hall–Kier alpha value is -3.79. The first kappa shape index (κ1) is 24.3. The molecule has 0 fully saturated rings. The molecule has 1 aliphatic heterocycles. The van der Waals surface area contributed by atoms with Crippen LogP contribution in [0.4, 0.5) is 11.9 Å². The number of nitrogens with one attached hydrogen (secondary N) is 2. The Kier molecular flexibility index (Phi) is 7.40. The molecule has 3 aromatic rings. The fourth-order valence-electron chi connectivity index (χ4n) is 3.75. The standard InChI is InChI=1S/C24H26ClN5O5/c1-4-33-18-11-15(12-19(34-5-2)21(18)35-6-3)22(32)27-23-28-24-26-20(31)13-17(30(24)29-23)14-7-9-16(25)10-8-14/h7-12,17H,4-6,13H2,1-3H3,(H2,26,27,28,29,31,32)/t17-/m1/s1. The summed E-state index contributed by atoms with van der Waals surface area (Å²) in [5.41, 5.74) is 1.13. The Morgan fingerprint density at radius 3 is 2.31 bits per heavy atom. The second kappa shape index (κ2) is 10.6. The number of ether oxygens (including phenoxy) is 3. The highest BCUT2D eigenvalue weighted by molar-refractivity contribution is 6.30. The zero-order valence-corrected chi connectivity index (χ0v) is 20.4. The molecular weight excluding hydrogens is 474 g/mol. The number of carbonyl (C=O) groups is 2. The van der Waals surface area contributed by atoms with Gasteiger partial charge >= 0.3 is 0 Å². The van der Waals surface area contributed by atoms with Crippen molar-refractivity contribution < 1.29 is 23.8 Å². The first-order valence-corrected chi connectivity index (χ1v) is 11.7. The van der Waals surface area contributed by atoms with Crippen molar-refractivity contribution in [1.29, 1.82) is 0 Å². The molecule has 2 aromatic carbocycles. The minimum atomic E-state index is -0.465. The highest BCUT2D eigenvalue weighted by Crippen LogP contribution is 2.39. The monoisotopic (exact) mass is 499 g/mol. The fraction of sp³-hybridized carbons (Fsp3) is 0.333. The lowest BCUT2D eigenvalue weighted by Crippen LogP contribution is -2.29. The Balaban J connectivity index is 1.63. The van der Waals surface area contributed by atoms with Gasteiger partial charge in [0.2, 0.25) is 17.6 Å². The van der Waals surface area contributed by atoms with Crippen LogP contribution < -0.4 is 24.8 Å². The normalized spacial score (nSPS) is 14.6. The largest absolute Gasteiger partial charge is 0.490 e. The van der Waals surface area contributed by atoms with Crippen LogP contribution in [0.1, 0.15) is 49.2 Å². The molecule has 0 radical (unpaired) electrons. The second-order valence-corrected chi connectivity index (χ2v) is 8.01. The van der Waals surface area contributed by atoms with Gasteiger partial charge in [0.15, 0.2) is 11.5 Å². The predicted molar refractivity (Wildman–Crippen MR) is 131 cm³/mol. The zero-order chi connectivity index (χ0) is 24.9. The summed E-state index contributed by atoms with van der Waals surface area (Å²) in [6, 6.07) is 9.95. The lowest BCUT2D eigenvalue weighted by atomic mass is 10.0. The number of hydrogen-bond donors (Lipinski definition) is 2. The first-order valence-electron chi connectivity index (χ1n) is 11.3. The zero-order valence-electron chi connectivity index (χ0n) is 19.6. The van der Waals surface area contributed by atoms with Gasteiger partial charge in [-0.05, 0) is 50.6 Å². The van der Waals surface area contributed by atoms with Gasteiger partial charge in [-0.25, -0.2) is 4.68 Å². The third-order valence-electron chi connectivity index (χ3n) is 5.21. The number of hydrogen-bond acceptors (Lipinski definition) is 7. The minimum absolute atomic E-state index is 0.0518. The maximum Gasteiger partial charge on any atom is 0.258 e. The van der Waals surface area contributed by atoms with Gasteiger partial charge in [0.25, 0.3) is 11.9 Å². The molecule has 1 aromatic heterocycles. The molecule has 0 aliphatic carbocycles. The highest BCUT2D eigenvalue weighted by Gasteiger charge is 2.30. The maximum absolute atomic E-state index is 13.1. The van der Waals surface area contributed by atoms with E-state index in [1.807, 2.05) is 32.9 Å². The van der Waals surface area contributed by atoms with Crippen LogP contribution in [-0.2, 0) is 4.79 Å². The average Bonchev–Trinajstić information content (AvgIpc) is 3.23. The van der Waals surface area contributed by atoms with Crippen molar-refractivity contribution in [1.82, 2.24) is 14.8 Å². The van der Waals surface area contributed by atoms with E-state index in [0.717, 1.165) is 5.56 Å². The Bertz CT molecular complexity index is 1200. The molecule has 2 N–H and O–H groups in total. The second-order valence-electron chi connectivity index (χ2n) is 7.58. The molecule has 0 saturated carbocycles. The van der Waals surface area contributed by atoms with Crippen molar-refractivity contribution in [3.8, 4) is 17.2 Å². The van der Waals surface area contributed by atoms with Gasteiger partial charge in [-0.3, -0.25) is 20.2 Å². The van der Waals surface area contributed by atoms with Gasteiger partial charge < -0.3 is 14.2 Å². The molecule has 10 nitrogen and oxygen atoms in total. The van der Waals surface area contributed by atoms with Crippen LogP contribution in [0.15, 0.2) is 36.4 Å². The van der Waals surface area contributed by atoms with Crippen molar-refractivity contribution in [2.24, 2.45) is 0 Å². The Morgan fingerprint density at radius 1 is 1.09 bits per heavy atom. The van der Waals surface area contributed by atoms with E-state index in [0.29, 0.717) is 42.1 Å². The number of aromatic nitrogens is 3. The molecule has 0 spiro atoms. The molecule has 0 unspecified atom stereocenters. The van der Waals surface area contributed by atoms with Gasteiger partial charge in [-0.1, -0.05) is 23.7 Å². The van der Waals surface area contributed by atoms with Crippen molar-refractivity contribution in [2.75, 3.05) is 30.5 Å². The number of fused-ring (bicyclic) bond motifs is 1. The van der Waals surface area contributed by atoms with E-state index in [4.69, 9.17) is 25.8 Å². The number of halogens is 1. The average molecular weight is 500 g/mol. The molecule has 0 bridgehead atoms. The number of nitrogens with zero attached hydrogens (tertiary/aromatic N) is 3. The molecule has 2 amide bonds. The molecule has 4 rings (SSSR count). The van der Waals surface area contributed by atoms with Crippen molar-refractivity contribution in [3.05, 3.63) is 52.5 Å². The number of anilines is 2. The molecule has 2 heterocycles. The molecular formula is C24H26ClN5O5. The van der Waals surface area contributed by atoms with E-state index in [2.05, 4.69) is 20.7 Å². The Morgan fingerprint density at radius 2 is 1.71 bits per heavy atom. The summed E-state index contributed by atoms with van der Waals surface area (Å²) in [6.07, 6.45) is 0.180. The third-order valence-corrected chi connectivity index (χ3v) is 5.46. The van der Waals surface area contributed by atoms with E-state index < -0.39 is 5.91 Å². The molecule has 11 heteroatoms. The van der Waals surface area contributed by atoms with Crippen molar-refractivity contribution >= 4 is 35.3 Å². The van der Waals surface area contributed by atoms with Crippen LogP contribution >= 0.6 is 11.6 Å². The highest BCUT2D eigenvalue weighted by atomic mass is 35.5. The van der Waals surface area contributed by atoms with E-state index in [-0.39, 0.29) is 35.8 Å². The van der Waals surface area contributed by atoms with Gasteiger partial charge in [0, 0.05) is 10.6 Å². The van der Waals surface area contributed by atoms with E-state index in [9.17, 15) is 9.59 Å². The summed E-state index contributed by atoms with van der Waals surface area (Å²) in [5.74, 6) is 0.875. The number of rotatable bonds is 9. The first-order chi connectivity index (χ1) is 16.9. The van der Waals surface area contributed by atoms with Crippen molar-refractivity contribution in [3.63, 3.8) is 0 Å². The summed E-state index contributed by atoms with van der Waals surface area (Å²) in [4.78, 5) is 29.7.